The Morgan fingerprint density at radius 3 is 2.36 bits per heavy atom. The molecule has 1 aliphatic carbocycles. The zero-order valence-corrected chi connectivity index (χ0v) is 15.3. The van der Waals surface area contributed by atoms with Crippen LogP contribution >= 0.6 is 0 Å². The average molecular weight is 371 g/mol. The minimum Gasteiger partial charge on any atom is -0.340 e. The average Bonchev–Trinajstić information content (AvgIpc) is 2.95. The summed E-state index contributed by atoms with van der Waals surface area (Å²) in [5, 5.41) is 3.14. The van der Waals surface area contributed by atoms with Crippen LogP contribution in [0.25, 0.3) is 5.70 Å². The lowest BCUT2D eigenvalue weighted by atomic mass is 9.81. The van der Waals surface area contributed by atoms with Crippen LogP contribution in [-0.2, 0) is 0 Å². The molecular weight excluding hydrogens is 354 g/mol. The third kappa shape index (κ3) is 2.18. The van der Waals surface area contributed by atoms with Gasteiger partial charge in [-0.15, -0.1) is 0 Å². The van der Waals surface area contributed by atoms with E-state index in [9.17, 15) is 14.4 Å². The molecule has 1 aliphatic heterocycles. The van der Waals surface area contributed by atoms with Gasteiger partial charge in [0.05, 0.1) is 11.3 Å². The molecule has 0 spiro atoms. The summed E-state index contributed by atoms with van der Waals surface area (Å²) < 4.78 is 0. The lowest BCUT2D eigenvalue weighted by Gasteiger charge is -2.27. The molecule has 5 rings (SSSR count). The highest BCUT2D eigenvalue weighted by Crippen LogP contribution is 2.47. The second-order valence-corrected chi connectivity index (χ2v) is 7.26. The van der Waals surface area contributed by atoms with Gasteiger partial charge in [0.2, 0.25) is 0 Å². The number of benzene rings is 2. The summed E-state index contributed by atoms with van der Waals surface area (Å²) in [5.74, 6) is -0.330. The topological polar surface area (TPSA) is 94.8 Å². The van der Waals surface area contributed by atoms with Gasteiger partial charge in [0.1, 0.15) is 5.82 Å². The second kappa shape index (κ2) is 5.66. The third-order valence-electron chi connectivity index (χ3n) is 5.63. The number of H-pyrrole nitrogens is 2. The number of anilines is 1. The first-order chi connectivity index (χ1) is 13.5. The molecule has 1 atom stereocenters. The number of fused-ring (bicyclic) bond motifs is 3. The molecule has 0 unspecified atom stereocenters. The van der Waals surface area contributed by atoms with Crippen LogP contribution in [0.15, 0.2) is 57.6 Å². The lowest BCUT2D eigenvalue weighted by Crippen LogP contribution is -2.33. The van der Waals surface area contributed by atoms with Crippen LogP contribution in [-0.4, -0.2) is 15.8 Å². The molecule has 28 heavy (non-hydrogen) atoms. The van der Waals surface area contributed by atoms with E-state index in [1.165, 1.54) is 0 Å². The summed E-state index contributed by atoms with van der Waals surface area (Å²) in [7, 11) is 0. The first kappa shape index (κ1) is 16.5. The predicted octanol–water partition coefficient (Wildman–Crippen LogP) is 2.85. The van der Waals surface area contributed by atoms with Gasteiger partial charge in [-0.1, -0.05) is 42.5 Å². The summed E-state index contributed by atoms with van der Waals surface area (Å²) in [6.07, 6.45) is 0. The summed E-state index contributed by atoms with van der Waals surface area (Å²) in [5.41, 5.74) is 4.88. The van der Waals surface area contributed by atoms with E-state index >= 15 is 0 Å². The Labute approximate surface area is 160 Å². The fourth-order valence-electron chi connectivity index (χ4n) is 4.13. The second-order valence-electron chi connectivity index (χ2n) is 7.26. The van der Waals surface area contributed by atoms with Gasteiger partial charge in [0.25, 0.3) is 5.56 Å². The van der Waals surface area contributed by atoms with Crippen molar-refractivity contribution < 1.29 is 4.79 Å². The number of ketones is 1. The summed E-state index contributed by atoms with van der Waals surface area (Å²) >= 11 is 0. The van der Waals surface area contributed by atoms with E-state index in [0.29, 0.717) is 28.2 Å². The largest absolute Gasteiger partial charge is 0.340 e. The van der Waals surface area contributed by atoms with E-state index in [2.05, 4.69) is 15.3 Å². The highest BCUT2D eigenvalue weighted by Gasteiger charge is 2.41. The molecule has 0 saturated carbocycles. The lowest BCUT2D eigenvalue weighted by molar-refractivity contribution is 0.103. The number of aromatic amines is 2. The highest BCUT2D eigenvalue weighted by molar-refractivity contribution is 6.23. The molecule has 3 aromatic rings. The number of hydrogen-bond acceptors (Lipinski definition) is 4. The van der Waals surface area contributed by atoms with Crippen LogP contribution in [0.3, 0.4) is 0 Å². The van der Waals surface area contributed by atoms with Gasteiger partial charge in [-0.05, 0) is 30.5 Å². The van der Waals surface area contributed by atoms with E-state index < -0.39 is 17.2 Å². The fraction of sp³-hybridized carbons (Fsp3) is 0.136. The molecule has 2 aliphatic rings. The van der Waals surface area contributed by atoms with Gasteiger partial charge in [-0.3, -0.25) is 19.6 Å². The van der Waals surface area contributed by atoms with Crippen LogP contribution in [0.4, 0.5) is 5.82 Å². The van der Waals surface area contributed by atoms with Crippen molar-refractivity contribution in [2.45, 2.75) is 19.8 Å². The summed E-state index contributed by atoms with van der Waals surface area (Å²) in [6.45, 7) is 4.01. The Hall–Kier alpha value is -3.67. The number of Topliss-reactive ketones (excluding diaryl/α,β-unsaturated/α-hetero) is 1. The molecule has 3 N–H and O–H groups in total. The Morgan fingerprint density at radius 2 is 1.61 bits per heavy atom. The first-order valence-electron chi connectivity index (χ1n) is 9.04. The number of carbonyl (C=O) groups excluding carboxylic acids is 1. The van der Waals surface area contributed by atoms with E-state index in [1.54, 1.807) is 6.07 Å². The van der Waals surface area contributed by atoms with Crippen LogP contribution in [0.5, 0.6) is 0 Å². The monoisotopic (exact) mass is 371 g/mol. The predicted molar refractivity (Wildman–Crippen MR) is 107 cm³/mol. The molecule has 2 heterocycles. The van der Waals surface area contributed by atoms with Crippen molar-refractivity contribution in [3.05, 3.63) is 102 Å². The van der Waals surface area contributed by atoms with E-state index in [0.717, 1.165) is 22.3 Å². The van der Waals surface area contributed by atoms with Crippen molar-refractivity contribution in [2.75, 3.05) is 5.32 Å². The molecule has 6 heteroatoms. The first-order valence-corrected chi connectivity index (χ1v) is 9.04. The standard InChI is InChI=1S/C22H17N3O3/c1-10-7-8-12(9-11(10)2)15-16-18(13-5-3-4-6-14(13)19(16)26)23-20-17(15)21(27)25-22(28)24-20/h3-9,15H,1-2H3,(H3,23,24,25,27,28)/t15-/m0/s1. The minimum atomic E-state index is -0.586. The van der Waals surface area contributed by atoms with E-state index in [-0.39, 0.29) is 5.78 Å². The third-order valence-corrected chi connectivity index (χ3v) is 5.63. The smallest absolute Gasteiger partial charge is 0.327 e. The maximum Gasteiger partial charge on any atom is 0.327 e. The van der Waals surface area contributed by atoms with Crippen molar-refractivity contribution >= 4 is 17.3 Å². The summed E-state index contributed by atoms with van der Waals surface area (Å²) in [4.78, 5) is 42.9. The van der Waals surface area contributed by atoms with Crippen LogP contribution in [0, 0.1) is 13.8 Å². The molecule has 2 aromatic carbocycles. The van der Waals surface area contributed by atoms with Crippen molar-refractivity contribution in [3.8, 4) is 0 Å². The van der Waals surface area contributed by atoms with Gasteiger partial charge in [-0.2, -0.15) is 0 Å². The molecule has 138 valence electrons. The van der Waals surface area contributed by atoms with Gasteiger partial charge >= 0.3 is 5.69 Å². The highest BCUT2D eigenvalue weighted by atomic mass is 16.2. The zero-order valence-electron chi connectivity index (χ0n) is 15.3. The number of hydrogen-bond donors (Lipinski definition) is 3. The van der Waals surface area contributed by atoms with Crippen molar-refractivity contribution in [1.82, 2.24) is 9.97 Å². The SMILES string of the molecule is Cc1ccc([C@H]2C3=C(Nc4[nH]c(=O)[nH]c(=O)c42)c2ccccc2C3=O)cc1C. The Kier molecular flexibility index (Phi) is 3.34. The zero-order chi connectivity index (χ0) is 19.6. The number of nitrogens with one attached hydrogen (secondary N) is 3. The number of aromatic nitrogens is 2. The van der Waals surface area contributed by atoms with Gasteiger partial charge in [0, 0.05) is 22.6 Å². The number of carbonyl (C=O) groups is 1. The van der Waals surface area contributed by atoms with E-state index in [1.807, 2.05) is 50.2 Å². The van der Waals surface area contributed by atoms with Crippen LogP contribution < -0.4 is 16.6 Å². The van der Waals surface area contributed by atoms with Crippen molar-refractivity contribution in [3.63, 3.8) is 0 Å². The fourth-order valence-corrected chi connectivity index (χ4v) is 4.13. The molecule has 1 aromatic heterocycles. The Balaban J connectivity index is 1.85. The maximum absolute atomic E-state index is 13.3. The van der Waals surface area contributed by atoms with Gasteiger partial charge in [-0.25, -0.2) is 4.79 Å². The van der Waals surface area contributed by atoms with Crippen molar-refractivity contribution in [1.29, 1.82) is 0 Å². The molecule has 0 radical (unpaired) electrons. The molecule has 0 saturated heterocycles. The number of rotatable bonds is 1. The van der Waals surface area contributed by atoms with Crippen molar-refractivity contribution in [2.24, 2.45) is 0 Å². The molecule has 0 bridgehead atoms. The van der Waals surface area contributed by atoms with Crippen LogP contribution in [0.1, 0.15) is 44.1 Å². The number of allylic oxidation sites excluding steroid dienone is 1. The van der Waals surface area contributed by atoms with E-state index in [4.69, 9.17) is 0 Å². The molecular formula is C22H17N3O3. The normalized spacial score (nSPS) is 17.1. The Bertz CT molecular complexity index is 1330. The molecule has 6 nitrogen and oxygen atoms in total. The van der Waals surface area contributed by atoms with Gasteiger partial charge < -0.3 is 5.32 Å². The minimum absolute atomic E-state index is 0.0995. The van der Waals surface area contributed by atoms with Gasteiger partial charge in [0.15, 0.2) is 5.78 Å². The molecule has 0 amide bonds. The Morgan fingerprint density at radius 1 is 0.857 bits per heavy atom. The molecule has 0 fully saturated rings. The number of aryl methyl sites for hydroxylation is 2. The summed E-state index contributed by atoms with van der Waals surface area (Å²) in [6, 6.07) is 13.3. The quantitative estimate of drug-likeness (QED) is 0.613. The maximum atomic E-state index is 13.3. The van der Waals surface area contributed by atoms with Crippen LogP contribution in [0.2, 0.25) is 0 Å².